The van der Waals surface area contributed by atoms with E-state index in [1.807, 2.05) is 4.90 Å². The summed E-state index contributed by atoms with van der Waals surface area (Å²) in [7, 11) is -1.33. The quantitative estimate of drug-likeness (QED) is 0.723. The SMILES string of the molecule is CN(C(=O)CN1CCN(C(=O)c2ccco2)CC1)C1CCS(=O)(=O)C1. The molecule has 1 aromatic rings. The van der Waals surface area contributed by atoms with Crippen LogP contribution in [0.4, 0.5) is 0 Å². The first-order valence-corrected chi connectivity index (χ1v) is 10.2. The summed E-state index contributed by atoms with van der Waals surface area (Å²) in [5, 5.41) is 0. The Morgan fingerprint density at radius 2 is 2.00 bits per heavy atom. The van der Waals surface area contributed by atoms with Gasteiger partial charge in [0.05, 0.1) is 24.3 Å². The Labute approximate surface area is 147 Å². The van der Waals surface area contributed by atoms with Crippen molar-refractivity contribution < 1.29 is 22.4 Å². The summed E-state index contributed by atoms with van der Waals surface area (Å²) in [5.41, 5.74) is 0. The third-order valence-electron chi connectivity index (χ3n) is 4.90. The van der Waals surface area contributed by atoms with E-state index in [0.717, 1.165) is 0 Å². The maximum atomic E-state index is 12.4. The molecule has 0 aliphatic carbocycles. The standard InChI is InChI=1S/C16H23N3O5S/c1-17(13-4-10-25(22,23)12-13)15(20)11-18-5-7-19(8-6-18)16(21)14-3-2-9-24-14/h2-3,9,13H,4-8,10-12H2,1H3. The molecule has 1 aromatic heterocycles. The van der Waals surface area contributed by atoms with Crippen LogP contribution in [-0.4, -0.2) is 92.3 Å². The van der Waals surface area contributed by atoms with E-state index in [4.69, 9.17) is 4.42 Å². The van der Waals surface area contributed by atoms with Crippen LogP contribution in [0.15, 0.2) is 22.8 Å². The molecule has 1 unspecified atom stereocenters. The normalized spacial score (nSPS) is 23.6. The van der Waals surface area contributed by atoms with Gasteiger partial charge in [0, 0.05) is 39.3 Å². The molecule has 2 aliphatic rings. The number of piperazine rings is 1. The molecule has 2 aliphatic heterocycles. The number of rotatable bonds is 4. The van der Waals surface area contributed by atoms with Crippen LogP contribution in [-0.2, 0) is 14.6 Å². The van der Waals surface area contributed by atoms with Crippen molar-refractivity contribution in [3.63, 3.8) is 0 Å². The molecule has 3 rings (SSSR count). The van der Waals surface area contributed by atoms with Gasteiger partial charge in [-0.25, -0.2) is 8.42 Å². The largest absolute Gasteiger partial charge is 0.459 e. The Hall–Kier alpha value is -1.87. The van der Waals surface area contributed by atoms with Gasteiger partial charge in [-0.05, 0) is 18.6 Å². The lowest BCUT2D eigenvalue weighted by Gasteiger charge is -2.35. The highest BCUT2D eigenvalue weighted by Gasteiger charge is 2.33. The summed E-state index contributed by atoms with van der Waals surface area (Å²) in [6.45, 7) is 2.53. The average Bonchev–Trinajstić information content (AvgIpc) is 3.23. The number of carbonyl (C=O) groups excluding carboxylic acids is 2. The van der Waals surface area contributed by atoms with Crippen molar-refractivity contribution in [3.05, 3.63) is 24.2 Å². The molecule has 0 N–H and O–H groups in total. The fourth-order valence-electron chi connectivity index (χ4n) is 3.25. The van der Waals surface area contributed by atoms with E-state index < -0.39 is 9.84 Å². The van der Waals surface area contributed by atoms with E-state index >= 15 is 0 Å². The lowest BCUT2D eigenvalue weighted by molar-refractivity contribution is -0.133. The van der Waals surface area contributed by atoms with Crippen LogP contribution in [0.25, 0.3) is 0 Å². The van der Waals surface area contributed by atoms with Crippen LogP contribution >= 0.6 is 0 Å². The molecule has 1 atom stereocenters. The van der Waals surface area contributed by atoms with E-state index in [9.17, 15) is 18.0 Å². The van der Waals surface area contributed by atoms with Gasteiger partial charge >= 0.3 is 0 Å². The van der Waals surface area contributed by atoms with Crippen molar-refractivity contribution in [1.82, 2.24) is 14.7 Å². The molecular weight excluding hydrogens is 346 g/mol. The van der Waals surface area contributed by atoms with Gasteiger partial charge in [-0.15, -0.1) is 0 Å². The first-order valence-electron chi connectivity index (χ1n) is 8.37. The van der Waals surface area contributed by atoms with Crippen molar-refractivity contribution >= 4 is 21.7 Å². The van der Waals surface area contributed by atoms with Gasteiger partial charge in [-0.3, -0.25) is 14.5 Å². The molecule has 2 amide bonds. The van der Waals surface area contributed by atoms with E-state index in [1.54, 1.807) is 29.0 Å². The monoisotopic (exact) mass is 369 g/mol. The topological polar surface area (TPSA) is 91.1 Å². The van der Waals surface area contributed by atoms with Crippen LogP contribution < -0.4 is 0 Å². The van der Waals surface area contributed by atoms with E-state index in [0.29, 0.717) is 38.4 Å². The van der Waals surface area contributed by atoms with Crippen molar-refractivity contribution in [2.75, 3.05) is 51.3 Å². The molecule has 0 aromatic carbocycles. The lowest BCUT2D eigenvalue weighted by atomic mass is 10.2. The summed E-state index contributed by atoms with van der Waals surface area (Å²) < 4.78 is 28.3. The highest BCUT2D eigenvalue weighted by molar-refractivity contribution is 7.91. The minimum atomic E-state index is -3.01. The van der Waals surface area contributed by atoms with Gasteiger partial charge in [0.1, 0.15) is 0 Å². The zero-order valence-electron chi connectivity index (χ0n) is 14.3. The van der Waals surface area contributed by atoms with Crippen molar-refractivity contribution in [1.29, 1.82) is 0 Å². The third kappa shape index (κ3) is 4.21. The molecule has 2 fully saturated rings. The van der Waals surface area contributed by atoms with Gasteiger partial charge in [-0.2, -0.15) is 0 Å². The molecule has 25 heavy (non-hydrogen) atoms. The molecule has 0 saturated carbocycles. The van der Waals surface area contributed by atoms with Crippen LogP contribution in [0.1, 0.15) is 17.0 Å². The number of furan rings is 1. The van der Waals surface area contributed by atoms with Crippen LogP contribution in [0.5, 0.6) is 0 Å². The number of sulfone groups is 1. The molecule has 8 nitrogen and oxygen atoms in total. The highest BCUT2D eigenvalue weighted by Crippen LogP contribution is 2.17. The lowest BCUT2D eigenvalue weighted by Crippen LogP contribution is -2.52. The first kappa shape index (κ1) is 17.9. The number of carbonyl (C=O) groups is 2. The summed E-state index contributed by atoms with van der Waals surface area (Å²) in [6, 6.07) is 3.10. The van der Waals surface area contributed by atoms with Gasteiger partial charge in [-0.1, -0.05) is 0 Å². The molecule has 138 valence electrons. The van der Waals surface area contributed by atoms with E-state index in [1.165, 1.54) is 6.26 Å². The molecule has 9 heteroatoms. The summed E-state index contributed by atoms with van der Waals surface area (Å²) >= 11 is 0. The van der Waals surface area contributed by atoms with Gasteiger partial charge < -0.3 is 14.2 Å². The fourth-order valence-corrected chi connectivity index (χ4v) is 5.03. The van der Waals surface area contributed by atoms with Gasteiger partial charge in [0.15, 0.2) is 15.6 Å². The number of amides is 2. The molecule has 0 spiro atoms. The Kier molecular flexibility index (Phi) is 5.14. The average molecular weight is 369 g/mol. The number of hydrogen-bond acceptors (Lipinski definition) is 6. The second-order valence-electron chi connectivity index (χ2n) is 6.61. The van der Waals surface area contributed by atoms with Crippen molar-refractivity contribution in [2.24, 2.45) is 0 Å². The molecule has 2 saturated heterocycles. The van der Waals surface area contributed by atoms with E-state index in [-0.39, 0.29) is 35.9 Å². The zero-order chi connectivity index (χ0) is 18.0. The first-order chi connectivity index (χ1) is 11.9. The Morgan fingerprint density at radius 1 is 1.28 bits per heavy atom. The minimum Gasteiger partial charge on any atom is -0.459 e. The Balaban J connectivity index is 1.47. The van der Waals surface area contributed by atoms with Crippen molar-refractivity contribution in [2.45, 2.75) is 12.5 Å². The second kappa shape index (κ2) is 7.17. The Bertz CT molecular complexity index is 723. The van der Waals surface area contributed by atoms with Crippen LogP contribution in [0.3, 0.4) is 0 Å². The minimum absolute atomic E-state index is 0.0562. The number of hydrogen-bond donors (Lipinski definition) is 0. The summed E-state index contributed by atoms with van der Waals surface area (Å²) in [6.07, 6.45) is 1.98. The van der Waals surface area contributed by atoms with Crippen LogP contribution in [0.2, 0.25) is 0 Å². The van der Waals surface area contributed by atoms with Crippen molar-refractivity contribution in [3.8, 4) is 0 Å². The van der Waals surface area contributed by atoms with Gasteiger partial charge in [0.2, 0.25) is 5.91 Å². The molecule has 0 radical (unpaired) electrons. The van der Waals surface area contributed by atoms with E-state index in [2.05, 4.69) is 0 Å². The maximum Gasteiger partial charge on any atom is 0.289 e. The molecule has 0 bridgehead atoms. The summed E-state index contributed by atoms with van der Waals surface area (Å²) in [4.78, 5) is 29.9. The fraction of sp³-hybridized carbons (Fsp3) is 0.625. The van der Waals surface area contributed by atoms with Gasteiger partial charge in [0.25, 0.3) is 5.91 Å². The predicted octanol–water partition coefficient (Wildman–Crippen LogP) is -0.317. The second-order valence-corrected chi connectivity index (χ2v) is 8.84. The molecule has 3 heterocycles. The smallest absolute Gasteiger partial charge is 0.289 e. The maximum absolute atomic E-state index is 12.4. The number of likely N-dealkylation sites (N-methyl/N-ethyl adjacent to an activating group) is 1. The third-order valence-corrected chi connectivity index (χ3v) is 6.65. The summed E-state index contributed by atoms with van der Waals surface area (Å²) in [5.74, 6) is 0.327. The number of nitrogens with zero attached hydrogens (tertiary/aromatic N) is 3. The molecular formula is C16H23N3O5S. The Morgan fingerprint density at radius 3 is 2.56 bits per heavy atom. The predicted molar refractivity (Wildman–Crippen MR) is 90.9 cm³/mol. The highest BCUT2D eigenvalue weighted by atomic mass is 32.2. The van der Waals surface area contributed by atoms with Crippen LogP contribution in [0, 0.1) is 0 Å². The zero-order valence-corrected chi connectivity index (χ0v) is 15.1.